The SMILES string of the molecule is CCN(CC)C(=O)NC1CCN(C(=O)c2ccc3c(c2)C(=O)N(CCCOC)C3=O)CC1. The first-order chi connectivity index (χ1) is 15.4. The molecule has 0 bridgehead atoms. The molecule has 1 N–H and O–H groups in total. The maximum absolute atomic E-state index is 13.0. The van der Waals surface area contributed by atoms with Crippen LogP contribution in [0.3, 0.4) is 0 Å². The van der Waals surface area contributed by atoms with Crippen molar-refractivity contribution >= 4 is 23.8 Å². The molecule has 9 heteroatoms. The molecule has 1 saturated heterocycles. The number of nitrogens with one attached hydrogen (secondary N) is 1. The van der Waals surface area contributed by atoms with Crippen LogP contribution in [0, 0.1) is 0 Å². The molecule has 9 nitrogen and oxygen atoms in total. The fourth-order valence-corrected chi connectivity index (χ4v) is 4.18. The summed E-state index contributed by atoms with van der Waals surface area (Å²) in [5, 5.41) is 3.04. The summed E-state index contributed by atoms with van der Waals surface area (Å²) in [6.45, 7) is 6.99. The molecule has 174 valence electrons. The van der Waals surface area contributed by atoms with Gasteiger partial charge in [-0.05, 0) is 51.3 Å². The smallest absolute Gasteiger partial charge is 0.317 e. The predicted octanol–water partition coefficient (Wildman–Crippen LogP) is 1.98. The number of piperidine rings is 1. The van der Waals surface area contributed by atoms with Gasteiger partial charge in [-0.25, -0.2) is 4.79 Å². The van der Waals surface area contributed by atoms with E-state index in [0.717, 1.165) is 0 Å². The minimum absolute atomic E-state index is 0.0343. The number of urea groups is 1. The lowest BCUT2D eigenvalue weighted by molar-refractivity contribution is 0.0637. The van der Waals surface area contributed by atoms with Crippen LogP contribution in [0.15, 0.2) is 18.2 Å². The first-order valence-electron chi connectivity index (χ1n) is 11.2. The van der Waals surface area contributed by atoms with Gasteiger partial charge in [0.1, 0.15) is 0 Å². The largest absolute Gasteiger partial charge is 0.385 e. The number of hydrogen-bond acceptors (Lipinski definition) is 5. The highest BCUT2D eigenvalue weighted by Crippen LogP contribution is 2.25. The zero-order valence-corrected chi connectivity index (χ0v) is 19.1. The van der Waals surface area contributed by atoms with Crippen molar-refractivity contribution in [2.45, 2.75) is 39.2 Å². The van der Waals surface area contributed by atoms with Crippen molar-refractivity contribution in [3.05, 3.63) is 34.9 Å². The number of amides is 5. The molecule has 0 saturated carbocycles. The van der Waals surface area contributed by atoms with Gasteiger partial charge in [0, 0.05) is 58.0 Å². The van der Waals surface area contributed by atoms with Crippen LogP contribution in [0.5, 0.6) is 0 Å². The van der Waals surface area contributed by atoms with Gasteiger partial charge < -0.3 is 19.9 Å². The molecule has 32 heavy (non-hydrogen) atoms. The lowest BCUT2D eigenvalue weighted by Gasteiger charge is -2.33. The Kier molecular flexibility index (Phi) is 7.84. The van der Waals surface area contributed by atoms with E-state index in [1.807, 2.05) is 13.8 Å². The molecule has 0 spiro atoms. The maximum Gasteiger partial charge on any atom is 0.317 e. The third kappa shape index (κ3) is 4.93. The zero-order valence-electron chi connectivity index (χ0n) is 19.1. The molecule has 0 aromatic heterocycles. The number of carbonyl (C=O) groups excluding carboxylic acids is 4. The van der Waals surface area contributed by atoms with E-state index in [0.29, 0.717) is 63.2 Å². The molecular formula is C23H32N4O5. The molecule has 2 aliphatic heterocycles. The maximum atomic E-state index is 13.0. The monoisotopic (exact) mass is 444 g/mol. The summed E-state index contributed by atoms with van der Waals surface area (Å²) in [5.41, 5.74) is 1.01. The molecule has 0 unspecified atom stereocenters. The standard InChI is InChI=1S/C23H32N4O5/c1-4-25(5-2)23(31)24-17-9-12-26(13-10-17)20(28)16-7-8-18-19(15-16)22(30)27(21(18)29)11-6-14-32-3/h7-8,15,17H,4-6,9-14H2,1-3H3,(H,24,31). The van der Waals surface area contributed by atoms with Crippen molar-refractivity contribution in [2.75, 3.05) is 46.4 Å². The summed E-state index contributed by atoms with van der Waals surface area (Å²) >= 11 is 0. The number of benzene rings is 1. The van der Waals surface area contributed by atoms with Crippen molar-refractivity contribution in [1.82, 2.24) is 20.0 Å². The Labute approximate surface area is 188 Å². The van der Waals surface area contributed by atoms with E-state index >= 15 is 0 Å². The van der Waals surface area contributed by atoms with E-state index in [2.05, 4.69) is 5.32 Å². The molecule has 0 atom stereocenters. The lowest BCUT2D eigenvalue weighted by atomic mass is 10.0. The molecule has 2 heterocycles. The number of ether oxygens (including phenoxy) is 1. The molecule has 1 aromatic carbocycles. The van der Waals surface area contributed by atoms with Crippen LogP contribution in [0.1, 0.15) is 64.2 Å². The Bertz CT molecular complexity index is 875. The zero-order chi connectivity index (χ0) is 23.3. The Morgan fingerprint density at radius 3 is 2.38 bits per heavy atom. The third-order valence-electron chi connectivity index (χ3n) is 6.11. The second kappa shape index (κ2) is 10.6. The highest BCUT2D eigenvalue weighted by molar-refractivity contribution is 6.22. The van der Waals surface area contributed by atoms with Gasteiger partial charge in [-0.15, -0.1) is 0 Å². The summed E-state index contributed by atoms with van der Waals surface area (Å²) < 4.78 is 4.99. The highest BCUT2D eigenvalue weighted by atomic mass is 16.5. The minimum Gasteiger partial charge on any atom is -0.385 e. The fourth-order valence-electron chi connectivity index (χ4n) is 4.18. The normalized spacial score (nSPS) is 16.3. The van der Waals surface area contributed by atoms with E-state index in [1.54, 1.807) is 29.0 Å². The Morgan fingerprint density at radius 1 is 1.09 bits per heavy atom. The number of methoxy groups -OCH3 is 1. The first-order valence-corrected chi connectivity index (χ1v) is 11.2. The van der Waals surface area contributed by atoms with Gasteiger partial charge in [0.15, 0.2) is 0 Å². The molecule has 5 amide bonds. The van der Waals surface area contributed by atoms with Crippen LogP contribution in [-0.4, -0.2) is 90.9 Å². The molecule has 3 rings (SSSR count). The summed E-state index contributed by atoms with van der Waals surface area (Å²) in [5.74, 6) is -0.863. The van der Waals surface area contributed by atoms with Gasteiger partial charge in [-0.3, -0.25) is 19.3 Å². The lowest BCUT2D eigenvalue weighted by Crippen LogP contribution is -2.50. The number of carbonyl (C=O) groups is 4. The number of rotatable bonds is 8. The van der Waals surface area contributed by atoms with Crippen LogP contribution in [-0.2, 0) is 4.74 Å². The van der Waals surface area contributed by atoms with Crippen LogP contribution >= 0.6 is 0 Å². The average Bonchev–Trinajstić information content (AvgIpc) is 3.04. The predicted molar refractivity (Wildman–Crippen MR) is 119 cm³/mol. The molecular weight excluding hydrogens is 412 g/mol. The van der Waals surface area contributed by atoms with E-state index in [-0.39, 0.29) is 41.9 Å². The fraction of sp³-hybridized carbons (Fsp3) is 0.565. The third-order valence-corrected chi connectivity index (χ3v) is 6.11. The summed E-state index contributed by atoms with van der Waals surface area (Å²) in [7, 11) is 1.57. The van der Waals surface area contributed by atoms with Gasteiger partial charge >= 0.3 is 6.03 Å². The van der Waals surface area contributed by atoms with E-state index in [4.69, 9.17) is 4.74 Å². The number of likely N-dealkylation sites (tertiary alicyclic amines) is 1. The van der Waals surface area contributed by atoms with Crippen molar-refractivity contribution in [3.63, 3.8) is 0 Å². The molecule has 0 radical (unpaired) electrons. The van der Waals surface area contributed by atoms with Gasteiger partial charge in [0.25, 0.3) is 17.7 Å². The summed E-state index contributed by atoms with van der Waals surface area (Å²) in [4.78, 5) is 55.2. The van der Waals surface area contributed by atoms with Crippen LogP contribution < -0.4 is 5.32 Å². The first kappa shape index (κ1) is 23.7. The van der Waals surface area contributed by atoms with Crippen LogP contribution in [0.2, 0.25) is 0 Å². The molecule has 0 aliphatic carbocycles. The van der Waals surface area contributed by atoms with Gasteiger partial charge in [-0.1, -0.05) is 0 Å². The van der Waals surface area contributed by atoms with Crippen molar-refractivity contribution in [1.29, 1.82) is 0 Å². The molecule has 1 aromatic rings. The van der Waals surface area contributed by atoms with Crippen molar-refractivity contribution in [3.8, 4) is 0 Å². The van der Waals surface area contributed by atoms with Crippen molar-refractivity contribution in [2.24, 2.45) is 0 Å². The highest BCUT2D eigenvalue weighted by Gasteiger charge is 2.36. The minimum atomic E-state index is -0.367. The molecule has 1 fully saturated rings. The number of imide groups is 1. The number of fused-ring (bicyclic) bond motifs is 1. The van der Waals surface area contributed by atoms with E-state index in [9.17, 15) is 19.2 Å². The topological polar surface area (TPSA) is 99.3 Å². The van der Waals surface area contributed by atoms with Gasteiger partial charge in [0.2, 0.25) is 0 Å². The second-order valence-corrected chi connectivity index (χ2v) is 8.06. The summed E-state index contributed by atoms with van der Waals surface area (Å²) in [6.07, 6.45) is 1.91. The quantitative estimate of drug-likeness (QED) is 0.488. The van der Waals surface area contributed by atoms with Gasteiger partial charge in [0.05, 0.1) is 11.1 Å². The molecule has 2 aliphatic rings. The average molecular weight is 445 g/mol. The number of hydrogen-bond donors (Lipinski definition) is 1. The van der Waals surface area contributed by atoms with Crippen molar-refractivity contribution < 1.29 is 23.9 Å². The number of nitrogens with zero attached hydrogens (tertiary/aromatic N) is 3. The Morgan fingerprint density at radius 2 is 1.75 bits per heavy atom. The summed E-state index contributed by atoms with van der Waals surface area (Å²) in [6, 6.07) is 4.67. The van der Waals surface area contributed by atoms with Crippen LogP contribution in [0.4, 0.5) is 4.79 Å². The van der Waals surface area contributed by atoms with E-state index in [1.165, 1.54) is 11.0 Å². The van der Waals surface area contributed by atoms with Crippen LogP contribution in [0.25, 0.3) is 0 Å². The Hall–Kier alpha value is -2.94. The van der Waals surface area contributed by atoms with E-state index < -0.39 is 0 Å². The second-order valence-electron chi connectivity index (χ2n) is 8.06. The van der Waals surface area contributed by atoms with Gasteiger partial charge in [-0.2, -0.15) is 0 Å². The Balaban J connectivity index is 1.60.